The second kappa shape index (κ2) is 42.1. The molecule has 8 aromatic rings. The van der Waals surface area contributed by atoms with Gasteiger partial charge in [-0.25, -0.2) is 0 Å². The zero-order valence-electron chi connectivity index (χ0n) is 66.4. The van der Waals surface area contributed by atoms with Crippen LogP contribution in [0.4, 0.5) is 0 Å². The van der Waals surface area contributed by atoms with Gasteiger partial charge in [0.2, 0.25) is 0 Å². The predicted molar refractivity (Wildman–Crippen MR) is 436 cm³/mol. The van der Waals surface area contributed by atoms with Crippen molar-refractivity contribution in [2.24, 2.45) is 17.8 Å². The Kier molecular flexibility index (Phi) is 33.0. The van der Waals surface area contributed by atoms with Crippen LogP contribution in [-0.2, 0) is 46.0 Å². The highest BCUT2D eigenvalue weighted by Gasteiger charge is 2.33. The molecule has 104 heavy (non-hydrogen) atoms. The fraction of sp³-hybridized carbons (Fsp3) is 0.505. The summed E-state index contributed by atoms with van der Waals surface area (Å²) >= 11 is 0. The average molecular weight is 1410 g/mol. The SMILES string of the molecule is CC(C)C(C)OC1c2ccccc2-c2ccccc21.CC(C)OC1CCc2ccccc21.CC(C)OC1c2ccccc2-c2ccccc21.CCC(C)OC1CCc2ccccc21.CCC(C)OC1c2ccccc2-c2ccccc21.COC(C)C1CCCCCC1.COC(C)C1CCCCCCC1. The van der Waals surface area contributed by atoms with Crippen molar-refractivity contribution in [1.29, 1.82) is 0 Å². The molecule has 0 radical (unpaired) electrons. The Morgan fingerprint density at radius 2 is 0.558 bits per heavy atom. The second-order valence-electron chi connectivity index (χ2n) is 31.0. The maximum Gasteiger partial charge on any atom is 0.109 e. The van der Waals surface area contributed by atoms with Crippen LogP contribution in [0.3, 0.4) is 0 Å². The van der Waals surface area contributed by atoms with Crippen molar-refractivity contribution in [3.63, 3.8) is 0 Å². The normalized spacial score (nSPS) is 18.7. The lowest BCUT2D eigenvalue weighted by Gasteiger charge is -2.24. The number of rotatable bonds is 17. The third kappa shape index (κ3) is 22.5. The van der Waals surface area contributed by atoms with Crippen LogP contribution in [0.2, 0.25) is 0 Å². The van der Waals surface area contributed by atoms with Crippen molar-refractivity contribution in [2.45, 2.75) is 285 Å². The predicted octanol–water partition coefficient (Wildman–Crippen LogP) is 26.5. The highest BCUT2D eigenvalue weighted by Crippen LogP contribution is 2.49. The van der Waals surface area contributed by atoms with Crippen LogP contribution >= 0.6 is 0 Å². The highest BCUT2D eigenvalue weighted by molar-refractivity contribution is 5.80. The lowest BCUT2D eigenvalue weighted by atomic mass is 9.88. The van der Waals surface area contributed by atoms with E-state index in [0.29, 0.717) is 42.5 Å². The molecule has 0 aromatic heterocycles. The van der Waals surface area contributed by atoms with E-state index in [2.05, 4.69) is 284 Å². The van der Waals surface area contributed by atoms with Gasteiger partial charge in [-0.05, 0) is 233 Å². The first-order valence-electron chi connectivity index (χ1n) is 40.6. The minimum absolute atomic E-state index is 0.0878. The van der Waals surface area contributed by atoms with Gasteiger partial charge in [-0.2, -0.15) is 0 Å². The molecule has 8 aromatic carbocycles. The van der Waals surface area contributed by atoms with E-state index in [1.54, 1.807) is 0 Å². The van der Waals surface area contributed by atoms with Gasteiger partial charge in [0, 0.05) is 14.2 Å². The number of methoxy groups -OCH3 is 2. The minimum atomic E-state index is 0.0878. The molecule has 2 fully saturated rings. The summed E-state index contributed by atoms with van der Waals surface area (Å²) in [6.45, 7) is 28.0. The van der Waals surface area contributed by atoms with Gasteiger partial charge in [-0.15, -0.1) is 0 Å². The van der Waals surface area contributed by atoms with E-state index in [9.17, 15) is 0 Å². The summed E-state index contributed by atoms with van der Waals surface area (Å²) in [6.07, 6.45) is 28.6. The number of ether oxygens (including phenoxy) is 7. The van der Waals surface area contributed by atoms with E-state index in [4.69, 9.17) is 33.2 Å². The summed E-state index contributed by atoms with van der Waals surface area (Å²) in [6, 6.07) is 68.6. The monoisotopic (exact) mass is 1410 g/mol. The quantitative estimate of drug-likeness (QED) is 0.0842. The molecule has 7 aliphatic carbocycles. The van der Waals surface area contributed by atoms with Crippen LogP contribution in [0.1, 0.15) is 285 Å². The topological polar surface area (TPSA) is 64.6 Å². The molecular formula is C97H130O7. The summed E-state index contributed by atoms with van der Waals surface area (Å²) in [5.41, 5.74) is 21.5. The van der Waals surface area contributed by atoms with Crippen molar-refractivity contribution in [3.05, 3.63) is 250 Å². The maximum atomic E-state index is 6.33. The summed E-state index contributed by atoms with van der Waals surface area (Å²) in [7, 11) is 3.67. The third-order valence-electron chi connectivity index (χ3n) is 22.7. The second-order valence-corrected chi connectivity index (χ2v) is 31.0. The van der Waals surface area contributed by atoms with Crippen molar-refractivity contribution in [1.82, 2.24) is 0 Å². The fourth-order valence-electron chi connectivity index (χ4n) is 15.9. The fourth-order valence-corrected chi connectivity index (χ4v) is 15.9. The largest absolute Gasteiger partial charge is 0.381 e. The van der Waals surface area contributed by atoms with Gasteiger partial charge >= 0.3 is 0 Å². The molecule has 0 spiro atoms. The van der Waals surface area contributed by atoms with Crippen LogP contribution in [0, 0.1) is 17.8 Å². The first kappa shape index (κ1) is 81.6. The van der Waals surface area contributed by atoms with Gasteiger partial charge in [-0.3, -0.25) is 0 Å². The molecule has 0 saturated heterocycles. The molecule has 7 unspecified atom stereocenters. The van der Waals surface area contributed by atoms with E-state index < -0.39 is 0 Å². The van der Waals surface area contributed by atoms with E-state index in [0.717, 1.165) is 37.5 Å². The molecule has 7 aliphatic rings. The van der Waals surface area contributed by atoms with E-state index in [-0.39, 0.29) is 36.6 Å². The van der Waals surface area contributed by atoms with Crippen LogP contribution in [0.15, 0.2) is 194 Å². The van der Waals surface area contributed by atoms with Gasteiger partial charge < -0.3 is 33.2 Å². The average Bonchev–Trinajstić information content (AvgIpc) is 1.62. The number of hydrogen-bond donors (Lipinski definition) is 0. The standard InChI is InChI=1S/C18H20O.C17H18O.C16H16O.C13H18O.C12H16O.C11H22O.C10H20O/c1-12(2)13(3)19-18-16-10-6-4-8-14(16)15-9-5-7-11-17(15)18;1-3-12(2)18-17-15-10-6-4-8-13(15)14-9-5-7-11-16(14)17;1-11(2)17-16-14-9-5-3-7-12(14)13-8-4-6-10-15(13)16;1-3-10(2)14-13-9-8-11-6-4-5-7-12(11)13;1-9(2)13-12-8-7-10-5-3-4-6-11(10)12;1-10(12-2)11-8-6-4-3-5-7-9-11;1-9(11-2)10-7-5-3-4-6-8-10/h4-13,18H,1-3H3;4-12,17H,3H2,1-2H3;3-11,16H,1-2H3;4-7,10,13H,3,8-9H2,1-2H3;3-6,9,12H,7-8H2,1-2H3;10-11H,3-9H2,1-2H3;9-10H,3-8H2,1-2H3. The number of aryl methyl sites for hydroxylation is 2. The Morgan fingerprint density at radius 1 is 0.288 bits per heavy atom. The molecule has 7 heteroatoms. The van der Waals surface area contributed by atoms with Gasteiger partial charge in [0.15, 0.2) is 0 Å². The van der Waals surface area contributed by atoms with E-state index >= 15 is 0 Å². The maximum absolute atomic E-state index is 6.33. The molecule has 0 aliphatic heterocycles. The smallest absolute Gasteiger partial charge is 0.109 e. The number of benzene rings is 8. The number of hydrogen-bond acceptors (Lipinski definition) is 7. The lowest BCUT2D eigenvalue weighted by Crippen LogP contribution is -2.20. The Bertz CT molecular complexity index is 3640. The van der Waals surface area contributed by atoms with E-state index in [1.807, 2.05) is 14.2 Å². The van der Waals surface area contributed by atoms with Crippen molar-refractivity contribution >= 4 is 0 Å². The third-order valence-corrected chi connectivity index (χ3v) is 22.7. The Balaban J connectivity index is 0.000000142. The number of fused-ring (bicyclic) bond motifs is 11. The lowest BCUT2D eigenvalue weighted by molar-refractivity contribution is -0.00443. The zero-order chi connectivity index (χ0) is 73.9. The van der Waals surface area contributed by atoms with Crippen molar-refractivity contribution in [2.75, 3.05) is 14.2 Å². The van der Waals surface area contributed by atoms with Gasteiger partial charge in [0.1, 0.15) is 18.3 Å². The summed E-state index contributed by atoms with van der Waals surface area (Å²) in [5, 5.41) is 0. The molecule has 0 N–H and O–H groups in total. The minimum Gasteiger partial charge on any atom is -0.381 e. The molecule has 7 nitrogen and oxygen atoms in total. The summed E-state index contributed by atoms with van der Waals surface area (Å²) in [5.74, 6) is 2.19. The first-order chi connectivity index (χ1) is 50.5. The first-order valence-corrected chi connectivity index (χ1v) is 40.6. The molecule has 0 amide bonds. The molecule has 15 rings (SSSR count). The molecule has 2 saturated carbocycles. The highest BCUT2D eigenvalue weighted by atomic mass is 16.5. The summed E-state index contributed by atoms with van der Waals surface area (Å²) in [4.78, 5) is 0. The molecule has 560 valence electrons. The van der Waals surface area contributed by atoms with Gasteiger partial charge in [-0.1, -0.05) is 280 Å². The Labute approximate surface area is 630 Å². The Hall–Kier alpha value is -6.52. The Morgan fingerprint density at radius 3 is 0.865 bits per heavy atom. The van der Waals surface area contributed by atoms with Gasteiger partial charge in [0.05, 0.1) is 54.9 Å². The zero-order valence-corrected chi connectivity index (χ0v) is 66.4. The van der Waals surface area contributed by atoms with Crippen molar-refractivity contribution in [3.8, 4) is 33.4 Å². The molecule has 0 bridgehead atoms. The molecule has 0 heterocycles. The molecular weight excluding hydrogens is 1280 g/mol. The summed E-state index contributed by atoms with van der Waals surface area (Å²) < 4.78 is 41.2. The van der Waals surface area contributed by atoms with Gasteiger partial charge in [0.25, 0.3) is 0 Å². The van der Waals surface area contributed by atoms with Crippen LogP contribution in [-0.4, -0.2) is 56.9 Å². The van der Waals surface area contributed by atoms with Crippen LogP contribution in [0.25, 0.3) is 33.4 Å². The van der Waals surface area contributed by atoms with Crippen LogP contribution < -0.4 is 0 Å². The van der Waals surface area contributed by atoms with Crippen LogP contribution in [0.5, 0.6) is 0 Å². The van der Waals surface area contributed by atoms with Crippen molar-refractivity contribution < 1.29 is 33.2 Å². The van der Waals surface area contributed by atoms with E-state index in [1.165, 1.54) is 185 Å². The molecule has 7 atom stereocenters.